The number of carbonyl (C=O) groups is 1. The van der Waals surface area contributed by atoms with Gasteiger partial charge < -0.3 is 9.80 Å². The van der Waals surface area contributed by atoms with Crippen molar-refractivity contribution in [1.29, 1.82) is 0 Å². The largest absolute Gasteiger partial charge is 0.342 e. The molecule has 0 fully saturated rings. The second-order valence-electron chi connectivity index (χ2n) is 14.1. The number of hydrogen-bond donors (Lipinski definition) is 0. The summed E-state index contributed by atoms with van der Waals surface area (Å²) in [5.41, 5.74) is 0. The van der Waals surface area contributed by atoms with Crippen LogP contribution in [-0.2, 0) is 4.79 Å². The Labute approximate surface area is 300 Å². The van der Waals surface area contributed by atoms with Crippen molar-refractivity contribution in [3.05, 3.63) is 36.5 Å². The molecule has 0 atom stereocenters. The Hall–Kier alpha value is -1.00. The van der Waals surface area contributed by atoms with E-state index in [2.05, 4.69) is 86.0 Å². The maximum atomic E-state index is 12.9. The van der Waals surface area contributed by atoms with Crippen molar-refractivity contribution in [3.8, 4) is 0 Å². The van der Waals surface area contributed by atoms with Gasteiger partial charge in [-0.05, 0) is 90.5 Å². The van der Waals surface area contributed by atoms with Crippen LogP contribution in [0.2, 0.25) is 0 Å². The highest BCUT2D eigenvalue weighted by Gasteiger charge is 2.13. The van der Waals surface area contributed by atoms with Gasteiger partial charge >= 0.3 is 0 Å². The Morgan fingerprint density at radius 1 is 0.468 bits per heavy atom. The van der Waals surface area contributed by atoms with Crippen molar-refractivity contribution in [2.45, 2.75) is 187 Å². The van der Waals surface area contributed by atoms with E-state index in [1.54, 1.807) is 0 Å². The van der Waals surface area contributed by atoms with Crippen molar-refractivity contribution >= 4 is 17.7 Å². The summed E-state index contributed by atoms with van der Waals surface area (Å²) >= 11 is 2.05. The van der Waals surface area contributed by atoms with Crippen molar-refractivity contribution in [1.82, 2.24) is 9.80 Å². The molecule has 0 spiro atoms. The summed E-state index contributed by atoms with van der Waals surface area (Å²) in [5, 5.41) is 0. The van der Waals surface area contributed by atoms with Crippen LogP contribution < -0.4 is 0 Å². The maximum Gasteiger partial charge on any atom is 0.223 e. The molecule has 0 aliphatic carbocycles. The van der Waals surface area contributed by atoms with E-state index in [-0.39, 0.29) is 0 Å². The number of carbonyl (C=O) groups excluding carboxylic acids is 1. The molecule has 0 N–H and O–H groups in total. The monoisotopic (exact) mass is 675 g/mol. The third-order valence-corrected chi connectivity index (χ3v) is 10.1. The lowest BCUT2D eigenvalue weighted by molar-refractivity contribution is -0.131. The first-order valence-corrected chi connectivity index (χ1v) is 21.7. The number of allylic oxidation sites excluding steroid dienone is 6. The lowest BCUT2D eigenvalue weighted by atomic mass is 10.1. The van der Waals surface area contributed by atoms with E-state index in [0.29, 0.717) is 12.3 Å². The number of nitrogens with zero attached hydrogens (tertiary/aromatic N) is 2. The average Bonchev–Trinajstić information content (AvgIpc) is 3.07. The average molecular weight is 675 g/mol. The van der Waals surface area contributed by atoms with Crippen molar-refractivity contribution in [2.24, 2.45) is 0 Å². The minimum atomic E-state index is 0.346. The van der Waals surface area contributed by atoms with Crippen LogP contribution in [-0.4, -0.2) is 60.9 Å². The molecule has 3 nitrogen and oxygen atoms in total. The Morgan fingerprint density at radius 2 is 0.894 bits per heavy atom. The van der Waals surface area contributed by atoms with Gasteiger partial charge in [0.1, 0.15) is 0 Å². The standard InChI is InChI=1S/C43H82N2OS/c1-5-7-9-11-13-15-17-19-21-23-25-27-29-31-33-35-38-45(43(46)37-39-44(3)4)40-42-47-41-36-34-32-30-28-26-24-22-20-18-16-14-12-10-8-6-2/h13,15,19-22H,5-12,14,16-18,23-42H2,1-4H3/b15-13-,21-19-,22-20-. The number of rotatable bonds is 37. The predicted octanol–water partition coefficient (Wildman–Crippen LogP) is 13.4. The normalized spacial score (nSPS) is 12.1. The molecule has 0 radical (unpaired) electrons. The molecule has 0 bridgehead atoms. The smallest absolute Gasteiger partial charge is 0.223 e. The second-order valence-corrected chi connectivity index (χ2v) is 15.3. The van der Waals surface area contributed by atoms with E-state index in [1.165, 1.54) is 160 Å². The molecular formula is C43H82N2OS. The summed E-state index contributed by atoms with van der Waals surface area (Å²) in [6.45, 7) is 7.26. The van der Waals surface area contributed by atoms with Gasteiger partial charge in [0.2, 0.25) is 5.91 Å². The molecule has 0 aliphatic rings. The maximum absolute atomic E-state index is 12.9. The summed E-state index contributed by atoms with van der Waals surface area (Å²) in [4.78, 5) is 17.2. The van der Waals surface area contributed by atoms with Gasteiger partial charge in [0.15, 0.2) is 0 Å². The minimum Gasteiger partial charge on any atom is -0.342 e. The highest BCUT2D eigenvalue weighted by molar-refractivity contribution is 7.99. The van der Waals surface area contributed by atoms with Gasteiger partial charge in [-0.3, -0.25) is 4.79 Å². The van der Waals surface area contributed by atoms with Gasteiger partial charge in [-0.25, -0.2) is 0 Å². The van der Waals surface area contributed by atoms with Crippen LogP contribution in [0.4, 0.5) is 0 Å². The number of thioether (sulfide) groups is 1. The lowest BCUT2D eigenvalue weighted by Crippen LogP contribution is -2.35. The van der Waals surface area contributed by atoms with Gasteiger partial charge in [-0.15, -0.1) is 0 Å². The van der Waals surface area contributed by atoms with E-state index in [4.69, 9.17) is 0 Å². The van der Waals surface area contributed by atoms with Crippen LogP contribution in [0, 0.1) is 0 Å². The second kappa shape index (κ2) is 39.4. The third kappa shape index (κ3) is 37.7. The molecule has 0 saturated heterocycles. The number of amides is 1. The van der Waals surface area contributed by atoms with Gasteiger partial charge in [-0.2, -0.15) is 11.8 Å². The Balaban J connectivity index is 3.82. The first-order valence-electron chi connectivity index (χ1n) is 20.6. The Bertz CT molecular complexity index is 717. The van der Waals surface area contributed by atoms with E-state index >= 15 is 0 Å². The zero-order valence-corrected chi connectivity index (χ0v) is 33.1. The molecular weight excluding hydrogens is 593 g/mol. The molecule has 4 heteroatoms. The minimum absolute atomic E-state index is 0.346. The van der Waals surface area contributed by atoms with Gasteiger partial charge in [0.25, 0.3) is 0 Å². The van der Waals surface area contributed by atoms with Crippen LogP contribution in [0.25, 0.3) is 0 Å². The van der Waals surface area contributed by atoms with Crippen LogP contribution >= 0.6 is 11.8 Å². The highest BCUT2D eigenvalue weighted by Crippen LogP contribution is 2.14. The summed E-state index contributed by atoms with van der Waals surface area (Å²) < 4.78 is 0. The molecule has 0 aromatic carbocycles. The van der Waals surface area contributed by atoms with Crippen LogP contribution in [0.1, 0.15) is 187 Å². The molecule has 0 rings (SSSR count). The zero-order chi connectivity index (χ0) is 34.3. The van der Waals surface area contributed by atoms with Crippen LogP contribution in [0.15, 0.2) is 36.5 Å². The van der Waals surface area contributed by atoms with E-state index in [0.717, 1.165) is 38.2 Å². The van der Waals surface area contributed by atoms with Gasteiger partial charge in [0, 0.05) is 31.8 Å². The molecule has 276 valence electrons. The van der Waals surface area contributed by atoms with Crippen molar-refractivity contribution < 1.29 is 4.79 Å². The fourth-order valence-corrected chi connectivity index (χ4v) is 6.82. The van der Waals surface area contributed by atoms with Gasteiger partial charge in [-0.1, -0.05) is 147 Å². The molecule has 0 unspecified atom stereocenters. The summed E-state index contributed by atoms with van der Waals surface area (Å²) in [7, 11) is 4.12. The quantitative estimate of drug-likeness (QED) is 0.0484. The summed E-state index contributed by atoms with van der Waals surface area (Å²) in [6, 6.07) is 0. The van der Waals surface area contributed by atoms with Crippen molar-refractivity contribution in [2.75, 3.05) is 45.2 Å². The van der Waals surface area contributed by atoms with Crippen molar-refractivity contribution in [3.63, 3.8) is 0 Å². The molecule has 0 aromatic heterocycles. The fraction of sp³-hybridized carbons (Fsp3) is 0.837. The topological polar surface area (TPSA) is 23.6 Å². The molecule has 0 saturated carbocycles. The van der Waals surface area contributed by atoms with E-state index in [9.17, 15) is 4.79 Å². The first-order chi connectivity index (χ1) is 23.1. The summed E-state index contributed by atoms with van der Waals surface area (Å²) in [6.07, 6.45) is 49.2. The Morgan fingerprint density at radius 3 is 1.43 bits per heavy atom. The van der Waals surface area contributed by atoms with Crippen LogP contribution in [0.3, 0.4) is 0 Å². The number of unbranched alkanes of at least 4 members (excludes halogenated alkanes) is 21. The molecule has 0 aromatic rings. The van der Waals surface area contributed by atoms with Gasteiger partial charge in [0.05, 0.1) is 0 Å². The Kier molecular flexibility index (Phi) is 38.6. The van der Waals surface area contributed by atoms with E-state index in [1.807, 2.05) is 0 Å². The fourth-order valence-electron chi connectivity index (χ4n) is 5.86. The highest BCUT2D eigenvalue weighted by atomic mass is 32.2. The van der Waals surface area contributed by atoms with E-state index < -0.39 is 0 Å². The lowest BCUT2D eigenvalue weighted by Gasteiger charge is -2.23. The first kappa shape index (κ1) is 46.0. The molecule has 1 amide bonds. The third-order valence-electron chi connectivity index (χ3n) is 9.06. The number of hydrogen-bond acceptors (Lipinski definition) is 3. The molecule has 47 heavy (non-hydrogen) atoms. The molecule has 0 aliphatic heterocycles. The predicted molar refractivity (Wildman–Crippen MR) is 216 cm³/mol. The zero-order valence-electron chi connectivity index (χ0n) is 32.3. The SMILES string of the molecule is CCCCC/C=C\C/C=C\CCCCCCCCN(CCSCCCCCCCC/C=C\CCCCCCCC)C(=O)CCN(C)C. The van der Waals surface area contributed by atoms with Crippen LogP contribution in [0.5, 0.6) is 0 Å². The summed E-state index contributed by atoms with van der Waals surface area (Å²) in [5.74, 6) is 2.67. The molecule has 0 heterocycles.